The lowest BCUT2D eigenvalue weighted by molar-refractivity contribution is -0.136. The summed E-state index contributed by atoms with van der Waals surface area (Å²) < 4.78 is 0. The highest BCUT2D eigenvalue weighted by Crippen LogP contribution is 2.40. The molecule has 0 spiro atoms. The number of carbonyl (C=O) groups is 2. The molecule has 1 N–H and O–H groups in total. The zero-order valence-electron chi connectivity index (χ0n) is 14.0. The predicted molar refractivity (Wildman–Crippen MR) is 93.1 cm³/mol. The van der Waals surface area contributed by atoms with Gasteiger partial charge < -0.3 is 10.2 Å². The first-order valence-electron chi connectivity index (χ1n) is 8.62. The molecule has 5 nitrogen and oxygen atoms in total. The van der Waals surface area contributed by atoms with Crippen molar-refractivity contribution in [2.24, 2.45) is 11.8 Å². The van der Waals surface area contributed by atoms with Crippen molar-refractivity contribution in [3.63, 3.8) is 0 Å². The minimum Gasteiger partial charge on any atom is -0.352 e. The van der Waals surface area contributed by atoms with Crippen molar-refractivity contribution in [3.8, 4) is 0 Å². The number of nitrogens with zero attached hydrogens (tertiary/aromatic N) is 2. The normalized spacial score (nSPS) is 23.6. The smallest absolute Gasteiger partial charge is 0.226 e. The van der Waals surface area contributed by atoms with Gasteiger partial charge in [0.15, 0.2) is 0 Å². The maximum Gasteiger partial charge on any atom is 0.226 e. The van der Waals surface area contributed by atoms with Crippen LogP contribution in [0.25, 0.3) is 0 Å². The van der Waals surface area contributed by atoms with Gasteiger partial charge in [-0.1, -0.05) is 36.4 Å². The fourth-order valence-electron chi connectivity index (χ4n) is 3.26. The highest BCUT2D eigenvalue weighted by molar-refractivity contribution is 5.92. The average Bonchev–Trinajstić information content (AvgIpc) is 3.41. The van der Waals surface area contributed by atoms with Gasteiger partial charge in [0.05, 0.1) is 11.8 Å². The highest BCUT2D eigenvalue weighted by atomic mass is 16.2. The lowest BCUT2D eigenvalue weighted by atomic mass is 10.2. The molecule has 0 aromatic heterocycles. The van der Waals surface area contributed by atoms with E-state index in [2.05, 4.69) is 41.1 Å². The molecule has 1 heterocycles. The second kappa shape index (κ2) is 7.62. The van der Waals surface area contributed by atoms with E-state index in [1.165, 1.54) is 5.56 Å². The van der Waals surface area contributed by atoms with E-state index < -0.39 is 0 Å². The third kappa shape index (κ3) is 4.03. The van der Waals surface area contributed by atoms with Crippen molar-refractivity contribution < 1.29 is 9.59 Å². The molecule has 2 unspecified atom stereocenters. The molecule has 2 aliphatic rings. The second-order valence-corrected chi connectivity index (χ2v) is 6.57. The number of nitrogens with one attached hydrogen (secondary N) is 1. The summed E-state index contributed by atoms with van der Waals surface area (Å²) in [5.74, 6) is -0.126. The van der Waals surface area contributed by atoms with Crippen LogP contribution < -0.4 is 5.32 Å². The summed E-state index contributed by atoms with van der Waals surface area (Å²) in [7, 11) is 0. The number of hydrogen-bond acceptors (Lipinski definition) is 3. The average molecular weight is 327 g/mol. The third-order valence-electron chi connectivity index (χ3n) is 4.80. The van der Waals surface area contributed by atoms with Crippen molar-refractivity contribution >= 4 is 11.8 Å². The molecule has 1 aromatic carbocycles. The van der Waals surface area contributed by atoms with Gasteiger partial charge in [-0.05, 0) is 12.0 Å². The Morgan fingerprint density at radius 1 is 1.12 bits per heavy atom. The second-order valence-electron chi connectivity index (χ2n) is 6.57. The van der Waals surface area contributed by atoms with Crippen LogP contribution in [0.1, 0.15) is 12.0 Å². The van der Waals surface area contributed by atoms with Gasteiger partial charge in [-0.15, -0.1) is 6.58 Å². The Balaban J connectivity index is 1.43. The maximum atomic E-state index is 12.5. The van der Waals surface area contributed by atoms with E-state index in [4.69, 9.17) is 0 Å². The van der Waals surface area contributed by atoms with Crippen LogP contribution in [0.2, 0.25) is 0 Å². The van der Waals surface area contributed by atoms with Crippen molar-refractivity contribution in [2.45, 2.75) is 13.0 Å². The van der Waals surface area contributed by atoms with Crippen LogP contribution >= 0.6 is 0 Å². The summed E-state index contributed by atoms with van der Waals surface area (Å²) in [5.41, 5.74) is 1.30. The highest BCUT2D eigenvalue weighted by Gasteiger charge is 2.49. The van der Waals surface area contributed by atoms with Crippen molar-refractivity contribution in [3.05, 3.63) is 48.6 Å². The van der Waals surface area contributed by atoms with Gasteiger partial charge in [-0.25, -0.2) is 0 Å². The zero-order chi connectivity index (χ0) is 16.9. The zero-order valence-corrected chi connectivity index (χ0v) is 14.0. The Hall–Kier alpha value is -2.14. The molecule has 1 aliphatic carbocycles. The first kappa shape index (κ1) is 16.7. The van der Waals surface area contributed by atoms with E-state index in [0.29, 0.717) is 13.0 Å². The number of carbonyl (C=O) groups excluding carboxylic acids is 2. The van der Waals surface area contributed by atoms with Crippen LogP contribution in [-0.2, 0) is 16.1 Å². The Morgan fingerprint density at radius 3 is 2.50 bits per heavy atom. The predicted octanol–water partition coefficient (Wildman–Crippen LogP) is 1.27. The van der Waals surface area contributed by atoms with Gasteiger partial charge in [0, 0.05) is 39.3 Å². The Morgan fingerprint density at radius 2 is 1.83 bits per heavy atom. The Labute approximate surface area is 143 Å². The molecule has 24 heavy (non-hydrogen) atoms. The van der Waals surface area contributed by atoms with Crippen LogP contribution in [0.4, 0.5) is 0 Å². The molecule has 2 amide bonds. The molecular weight excluding hydrogens is 302 g/mol. The van der Waals surface area contributed by atoms with Gasteiger partial charge in [0.2, 0.25) is 11.8 Å². The summed E-state index contributed by atoms with van der Waals surface area (Å²) in [6.45, 7) is 8.26. The van der Waals surface area contributed by atoms with Crippen LogP contribution in [-0.4, -0.2) is 54.3 Å². The summed E-state index contributed by atoms with van der Waals surface area (Å²) in [6.07, 6.45) is 2.34. The van der Waals surface area contributed by atoms with E-state index in [0.717, 1.165) is 32.7 Å². The van der Waals surface area contributed by atoms with Crippen molar-refractivity contribution in [1.29, 1.82) is 0 Å². The lowest BCUT2D eigenvalue weighted by Crippen LogP contribution is -2.49. The molecule has 1 saturated heterocycles. The van der Waals surface area contributed by atoms with E-state index in [1.54, 1.807) is 6.08 Å². The summed E-state index contributed by atoms with van der Waals surface area (Å²) in [5, 5.41) is 2.78. The topological polar surface area (TPSA) is 52.7 Å². The Kier molecular flexibility index (Phi) is 5.30. The minimum atomic E-state index is -0.139. The number of amides is 2. The van der Waals surface area contributed by atoms with E-state index in [1.807, 2.05) is 11.0 Å². The molecule has 0 bridgehead atoms. The molecule has 1 aliphatic heterocycles. The quantitative estimate of drug-likeness (QED) is 0.801. The van der Waals surface area contributed by atoms with Crippen molar-refractivity contribution in [2.75, 3.05) is 32.7 Å². The number of rotatable bonds is 6. The van der Waals surface area contributed by atoms with Gasteiger partial charge in [0.25, 0.3) is 0 Å². The van der Waals surface area contributed by atoms with Crippen LogP contribution in [0.3, 0.4) is 0 Å². The summed E-state index contributed by atoms with van der Waals surface area (Å²) in [6, 6.07) is 10.4. The minimum absolute atomic E-state index is 0.0176. The third-order valence-corrected chi connectivity index (χ3v) is 4.80. The SMILES string of the molecule is C=CCNC(=O)C1CC1C(=O)N1CCN(Cc2ccccc2)CC1. The van der Waals surface area contributed by atoms with Crippen LogP contribution in [0.15, 0.2) is 43.0 Å². The largest absolute Gasteiger partial charge is 0.352 e. The monoisotopic (exact) mass is 327 g/mol. The first-order chi connectivity index (χ1) is 11.7. The van der Waals surface area contributed by atoms with Gasteiger partial charge >= 0.3 is 0 Å². The standard InChI is InChI=1S/C19H25N3O2/c1-2-8-20-18(23)16-13-17(16)19(24)22-11-9-21(10-12-22)14-15-6-4-3-5-7-15/h2-7,16-17H,1,8-14H2,(H,20,23). The molecule has 3 rings (SSSR count). The molecule has 2 fully saturated rings. The summed E-state index contributed by atoms with van der Waals surface area (Å²) >= 11 is 0. The van der Waals surface area contributed by atoms with Gasteiger partial charge in [0.1, 0.15) is 0 Å². The molecular formula is C19H25N3O2. The Bertz CT molecular complexity index is 594. The maximum absolute atomic E-state index is 12.5. The first-order valence-corrected chi connectivity index (χ1v) is 8.62. The van der Waals surface area contributed by atoms with E-state index in [-0.39, 0.29) is 23.7 Å². The van der Waals surface area contributed by atoms with E-state index >= 15 is 0 Å². The molecule has 1 saturated carbocycles. The molecule has 5 heteroatoms. The number of piperazine rings is 1. The van der Waals surface area contributed by atoms with Crippen LogP contribution in [0, 0.1) is 11.8 Å². The number of hydrogen-bond donors (Lipinski definition) is 1. The van der Waals surface area contributed by atoms with E-state index in [9.17, 15) is 9.59 Å². The lowest BCUT2D eigenvalue weighted by Gasteiger charge is -2.35. The molecule has 2 atom stereocenters. The van der Waals surface area contributed by atoms with Crippen molar-refractivity contribution in [1.82, 2.24) is 15.1 Å². The molecule has 0 radical (unpaired) electrons. The molecule has 128 valence electrons. The fraction of sp³-hybridized carbons (Fsp3) is 0.474. The van der Waals surface area contributed by atoms with Gasteiger partial charge in [-0.3, -0.25) is 14.5 Å². The summed E-state index contributed by atoms with van der Waals surface area (Å²) in [4.78, 5) is 28.7. The molecule has 1 aromatic rings. The fourth-order valence-corrected chi connectivity index (χ4v) is 3.26. The van der Waals surface area contributed by atoms with Gasteiger partial charge in [-0.2, -0.15) is 0 Å². The number of benzene rings is 1. The van der Waals surface area contributed by atoms with Crippen LogP contribution in [0.5, 0.6) is 0 Å².